The summed E-state index contributed by atoms with van der Waals surface area (Å²) in [6.45, 7) is 0. The minimum atomic E-state index is -4.68. The average Bonchev–Trinajstić information content (AvgIpc) is 2.03. The Kier molecular flexibility index (Phi) is 2.62. The Hall–Kier alpha value is -1.43. The summed E-state index contributed by atoms with van der Waals surface area (Å²) in [5.41, 5.74) is 0. The zero-order valence-electron chi connectivity index (χ0n) is 6.34. The van der Waals surface area contributed by atoms with Crippen molar-refractivity contribution < 1.29 is 22.7 Å². The van der Waals surface area contributed by atoms with Gasteiger partial charge >= 0.3 is 6.36 Å². The largest absolute Gasteiger partial charge is 0.573 e. The first-order chi connectivity index (χ1) is 6.01. The molecule has 0 saturated heterocycles. The van der Waals surface area contributed by atoms with Crippen molar-refractivity contribution in [3.63, 3.8) is 0 Å². The first kappa shape index (κ1) is 9.66. The number of halogens is 3. The van der Waals surface area contributed by atoms with Crippen molar-refractivity contribution in [2.75, 3.05) is 0 Å². The topological polar surface area (TPSA) is 44.5 Å². The SMILES string of the molecule is NOc1ccc(OC(F)(F)F)cc1. The summed E-state index contributed by atoms with van der Waals surface area (Å²) in [5, 5.41) is 0. The number of rotatable bonds is 2. The molecule has 3 nitrogen and oxygen atoms in total. The Balaban J connectivity index is 2.70. The number of hydrogen-bond acceptors (Lipinski definition) is 3. The van der Waals surface area contributed by atoms with Gasteiger partial charge in [-0.3, -0.25) is 0 Å². The van der Waals surface area contributed by atoms with Crippen LogP contribution in [-0.4, -0.2) is 6.36 Å². The molecule has 1 rings (SSSR count). The Morgan fingerprint density at radius 1 is 1.00 bits per heavy atom. The van der Waals surface area contributed by atoms with Crippen molar-refractivity contribution in [2.45, 2.75) is 6.36 Å². The number of benzene rings is 1. The molecule has 0 atom stereocenters. The van der Waals surface area contributed by atoms with E-state index < -0.39 is 6.36 Å². The summed E-state index contributed by atoms with van der Waals surface area (Å²) in [6, 6.07) is 4.74. The van der Waals surface area contributed by atoms with Crippen LogP contribution in [0.5, 0.6) is 11.5 Å². The normalized spacial score (nSPS) is 11.1. The maximum absolute atomic E-state index is 11.6. The van der Waals surface area contributed by atoms with E-state index in [2.05, 4.69) is 9.57 Å². The van der Waals surface area contributed by atoms with Crippen molar-refractivity contribution in [3.8, 4) is 11.5 Å². The maximum Gasteiger partial charge on any atom is 0.573 e. The Morgan fingerprint density at radius 3 is 1.85 bits per heavy atom. The van der Waals surface area contributed by atoms with E-state index in [-0.39, 0.29) is 11.5 Å². The molecule has 0 saturated carbocycles. The van der Waals surface area contributed by atoms with Crippen molar-refractivity contribution in [2.24, 2.45) is 5.90 Å². The molecule has 0 aromatic heterocycles. The third-order valence-electron chi connectivity index (χ3n) is 1.19. The molecule has 0 bridgehead atoms. The fourth-order valence-electron chi connectivity index (χ4n) is 0.720. The molecule has 13 heavy (non-hydrogen) atoms. The number of ether oxygens (including phenoxy) is 1. The predicted octanol–water partition coefficient (Wildman–Crippen LogP) is 1.84. The van der Waals surface area contributed by atoms with Crippen molar-refractivity contribution in [3.05, 3.63) is 24.3 Å². The highest BCUT2D eigenvalue weighted by Crippen LogP contribution is 2.24. The van der Waals surface area contributed by atoms with Gasteiger partial charge in [-0.2, -0.15) is 5.90 Å². The summed E-state index contributed by atoms with van der Waals surface area (Å²) < 4.78 is 38.5. The molecule has 1 aromatic rings. The fraction of sp³-hybridized carbons (Fsp3) is 0.143. The van der Waals surface area contributed by atoms with Crippen molar-refractivity contribution >= 4 is 0 Å². The van der Waals surface area contributed by atoms with Crippen LogP contribution in [0.4, 0.5) is 13.2 Å². The van der Waals surface area contributed by atoms with Gasteiger partial charge in [0.1, 0.15) is 11.5 Å². The Labute approximate surface area is 71.8 Å². The summed E-state index contributed by atoms with van der Waals surface area (Å²) in [7, 11) is 0. The van der Waals surface area contributed by atoms with Crippen LogP contribution in [0.3, 0.4) is 0 Å². The zero-order chi connectivity index (χ0) is 9.90. The van der Waals surface area contributed by atoms with Crippen molar-refractivity contribution in [1.82, 2.24) is 0 Å². The molecule has 0 heterocycles. The molecule has 1 aromatic carbocycles. The minimum Gasteiger partial charge on any atom is -0.412 e. The molecule has 0 aliphatic heterocycles. The van der Waals surface area contributed by atoms with E-state index in [0.717, 1.165) is 12.1 Å². The molecule has 2 N–H and O–H groups in total. The molecular weight excluding hydrogens is 187 g/mol. The summed E-state index contributed by atoms with van der Waals surface area (Å²) >= 11 is 0. The minimum absolute atomic E-state index is 0.259. The van der Waals surface area contributed by atoms with E-state index in [0.29, 0.717) is 0 Å². The van der Waals surface area contributed by atoms with E-state index >= 15 is 0 Å². The third-order valence-corrected chi connectivity index (χ3v) is 1.19. The second-order valence-corrected chi connectivity index (χ2v) is 2.14. The standard InChI is InChI=1S/C7H6F3NO2/c8-7(9,10)12-5-1-3-6(13-11)4-2-5/h1-4H,11H2. The van der Waals surface area contributed by atoms with Crippen molar-refractivity contribution in [1.29, 1.82) is 0 Å². The van der Waals surface area contributed by atoms with Gasteiger partial charge in [-0.25, -0.2) is 0 Å². The van der Waals surface area contributed by atoms with Gasteiger partial charge in [0, 0.05) is 0 Å². The van der Waals surface area contributed by atoms with E-state index in [1.807, 2.05) is 0 Å². The second kappa shape index (κ2) is 3.53. The van der Waals surface area contributed by atoms with E-state index in [1.54, 1.807) is 0 Å². The lowest BCUT2D eigenvalue weighted by Gasteiger charge is -2.08. The molecule has 0 amide bonds. The maximum atomic E-state index is 11.6. The Morgan fingerprint density at radius 2 is 1.46 bits per heavy atom. The summed E-state index contributed by atoms with van der Waals surface area (Å²) in [5.74, 6) is 4.71. The van der Waals surface area contributed by atoms with Crippen LogP contribution in [0.15, 0.2) is 24.3 Å². The van der Waals surface area contributed by atoms with Gasteiger partial charge in [0.05, 0.1) is 0 Å². The van der Waals surface area contributed by atoms with Gasteiger partial charge in [0.15, 0.2) is 0 Å². The Bertz CT molecular complexity index is 270. The van der Waals surface area contributed by atoms with Gasteiger partial charge in [0.25, 0.3) is 0 Å². The molecule has 0 unspecified atom stereocenters. The third kappa shape index (κ3) is 3.20. The number of nitrogens with two attached hydrogens (primary N) is 1. The van der Waals surface area contributed by atoms with Crippen LogP contribution in [0.1, 0.15) is 0 Å². The van der Waals surface area contributed by atoms with Crippen LogP contribution in [-0.2, 0) is 0 Å². The van der Waals surface area contributed by atoms with Gasteiger partial charge in [-0.1, -0.05) is 0 Å². The van der Waals surface area contributed by atoms with Crippen LogP contribution < -0.4 is 15.5 Å². The highest BCUT2D eigenvalue weighted by Gasteiger charge is 2.30. The lowest BCUT2D eigenvalue weighted by molar-refractivity contribution is -0.274. The lowest BCUT2D eigenvalue weighted by atomic mass is 10.3. The van der Waals surface area contributed by atoms with Crippen LogP contribution in [0, 0.1) is 0 Å². The second-order valence-electron chi connectivity index (χ2n) is 2.14. The van der Waals surface area contributed by atoms with Crippen LogP contribution >= 0.6 is 0 Å². The smallest absolute Gasteiger partial charge is 0.412 e. The lowest BCUT2D eigenvalue weighted by Crippen LogP contribution is -2.17. The highest BCUT2D eigenvalue weighted by molar-refractivity contribution is 5.31. The highest BCUT2D eigenvalue weighted by atomic mass is 19.4. The van der Waals surface area contributed by atoms with E-state index in [1.165, 1.54) is 12.1 Å². The molecule has 72 valence electrons. The van der Waals surface area contributed by atoms with Crippen LogP contribution in [0.2, 0.25) is 0 Å². The van der Waals surface area contributed by atoms with Gasteiger partial charge in [-0.15, -0.1) is 13.2 Å². The van der Waals surface area contributed by atoms with Gasteiger partial charge in [0.2, 0.25) is 0 Å². The average molecular weight is 193 g/mol. The first-order valence-electron chi connectivity index (χ1n) is 3.24. The van der Waals surface area contributed by atoms with Gasteiger partial charge in [-0.05, 0) is 24.3 Å². The zero-order valence-corrected chi connectivity index (χ0v) is 6.34. The predicted molar refractivity (Wildman–Crippen MR) is 37.9 cm³/mol. The van der Waals surface area contributed by atoms with E-state index in [9.17, 15) is 13.2 Å². The van der Waals surface area contributed by atoms with Crippen LogP contribution in [0.25, 0.3) is 0 Å². The quantitative estimate of drug-likeness (QED) is 0.729. The molecule has 0 aliphatic rings. The van der Waals surface area contributed by atoms with E-state index in [4.69, 9.17) is 5.90 Å². The molecule has 0 aliphatic carbocycles. The summed E-state index contributed by atoms with van der Waals surface area (Å²) in [4.78, 5) is 4.26. The fourth-order valence-corrected chi connectivity index (χ4v) is 0.720. The summed E-state index contributed by atoms with van der Waals surface area (Å²) in [6.07, 6.45) is -4.68. The number of alkyl halides is 3. The number of hydrogen-bond donors (Lipinski definition) is 1. The molecule has 0 fully saturated rings. The molecule has 0 radical (unpaired) electrons. The molecular formula is C7H6F3NO2. The molecule has 6 heteroatoms. The molecule has 0 spiro atoms. The monoisotopic (exact) mass is 193 g/mol. The first-order valence-corrected chi connectivity index (χ1v) is 3.24. The van der Waals surface area contributed by atoms with Gasteiger partial charge < -0.3 is 9.57 Å².